The van der Waals surface area contributed by atoms with Crippen LogP contribution in [0.2, 0.25) is 10.0 Å². The molecule has 0 bridgehead atoms. The minimum atomic E-state index is -0.206. The molecule has 2 aromatic rings. The first kappa shape index (κ1) is 12.9. The van der Waals surface area contributed by atoms with Crippen LogP contribution in [-0.2, 0) is 4.79 Å². The number of aromatic nitrogens is 2. The van der Waals surface area contributed by atoms with Crippen LogP contribution in [0.5, 0.6) is 0 Å². The number of halogens is 2. The van der Waals surface area contributed by atoms with Crippen LogP contribution in [0.15, 0.2) is 22.6 Å². The monoisotopic (exact) mass is 285 g/mol. The second kappa shape index (κ2) is 5.37. The van der Waals surface area contributed by atoms with Crippen LogP contribution < -0.4 is 5.32 Å². The molecule has 0 saturated carbocycles. The fourth-order valence-electron chi connectivity index (χ4n) is 1.25. The van der Waals surface area contributed by atoms with Crippen molar-refractivity contribution in [2.24, 2.45) is 0 Å². The Balaban J connectivity index is 2.29. The zero-order valence-electron chi connectivity index (χ0n) is 9.41. The Morgan fingerprint density at radius 1 is 1.39 bits per heavy atom. The summed E-state index contributed by atoms with van der Waals surface area (Å²) in [6, 6.07) is 4.94. The van der Waals surface area contributed by atoms with E-state index in [-0.39, 0.29) is 17.8 Å². The summed E-state index contributed by atoms with van der Waals surface area (Å²) in [6.45, 7) is 1.72. The van der Waals surface area contributed by atoms with Crippen LogP contribution in [0, 0.1) is 0 Å². The molecule has 0 aliphatic rings. The van der Waals surface area contributed by atoms with Gasteiger partial charge in [-0.05, 0) is 18.2 Å². The van der Waals surface area contributed by atoms with Crippen molar-refractivity contribution in [3.63, 3.8) is 0 Å². The summed E-state index contributed by atoms with van der Waals surface area (Å²) in [5.41, 5.74) is 0.522. The molecule has 0 saturated heterocycles. The highest BCUT2D eigenvalue weighted by molar-refractivity contribution is 6.35. The normalized spacial score (nSPS) is 10.4. The maximum atomic E-state index is 11.2. The molecule has 0 unspecified atom stereocenters. The molecule has 0 fully saturated rings. The Kier molecular flexibility index (Phi) is 3.84. The van der Waals surface area contributed by atoms with E-state index in [0.717, 1.165) is 0 Å². The Bertz CT molecular complexity index is 583. The summed E-state index contributed by atoms with van der Waals surface area (Å²) in [5.74, 6) is -0.00343. The number of amides is 1. The minimum Gasteiger partial charge on any atom is -0.403 e. The van der Waals surface area contributed by atoms with Crippen molar-refractivity contribution in [1.29, 1.82) is 0 Å². The summed E-state index contributed by atoms with van der Waals surface area (Å²) >= 11 is 11.9. The summed E-state index contributed by atoms with van der Waals surface area (Å²) < 4.78 is 5.28. The largest absolute Gasteiger partial charge is 0.403 e. The molecular formula is C11H9Cl2N3O2. The number of nitrogens with zero attached hydrogens (tertiary/aromatic N) is 2. The van der Waals surface area contributed by atoms with Gasteiger partial charge in [-0.1, -0.05) is 35.2 Å². The van der Waals surface area contributed by atoms with E-state index in [4.69, 9.17) is 27.6 Å². The highest BCUT2D eigenvalue weighted by Gasteiger charge is 2.13. The molecular weight excluding hydrogens is 277 g/mol. The SMILES string of the molecule is CCC(=O)Nc1nnc(-c2cc(Cl)ccc2Cl)o1. The van der Waals surface area contributed by atoms with Crippen molar-refractivity contribution in [3.8, 4) is 11.5 Å². The van der Waals surface area contributed by atoms with E-state index in [2.05, 4.69) is 15.5 Å². The lowest BCUT2D eigenvalue weighted by molar-refractivity contribution is -0.116. The molecule has 1 heterocycles. The molecule has 0 atom stereocenters. The van der Waals surface area contributed by atoms with Gasteiger partial charge in [0.1, 0.15) is 0 Å². The average Bonchev–Trinajstić information content (AvgIpc) is 2.80. The van der Waals surface area contributed by atoms with E-state index in [1.807, 2.05) is 0 Å². The van der Waals surface area contributed by atoms with Crippen molar-refractivity contribution in [3.05, 3.63) is 28.2 Å². The van der Waals surface area contributed by atoms with Gasteiger partial charge < -0.3 is 4.42 Å². The zero-order chi connectivity index (χ0) is 13.1. The number of nitrogens with one attached hydrogen (secondary N) is 1. The van der Waals surface area contributed by atoms with E-state index in [0.29, 0.717) is 22.0 Å². The Morgan fingerprint density at radius 2 is 2.17 bits per heavy atom. The summed E-state index contributed by atoms with van der Waals surface area (Å²) in [5, 5.41) is 10.9. The van der Waals surface area contributed by atoms with Gasteiger partial charge in [0, 0.05) is 11.4 Å². The fourth-order valence-corrected chi connectivity index (χ4v) is 1.62. The van der Waals surface area contributed by atoms with Crippen molar-refractivity contribution >= 4 is 35.1 Å². The number of carbonyl (C=O) groups excluding carboxylic acids is 1. The van der Waals surface area contributed by atoms with Gasteiger partial charge in [0.2, 0.25) is 5.91 Å². The Hall–Kier alpha value is -1.59. The van der Waals surface area contributed by atoms with Crippen molar-refractivity contribution in [2.75, 3.05) is 5.32 Å². The van der Waals surface area contributed by atoms with E-state index in [9.17, 15) is 4.79 Å². The van der Waals surface area contributed by atoms with Gasteiger partial charge >= 0.3 is 6.01 Å². The number of benzene rings is 1. The van der Waals surface area contributed by atoms with Gasteiger partial charge in [-0.25, -0.2) is 0 Å². The Labute approximate surface area is 113 Å². The summed E-state index contributed by atoms with van der Waals surface area (Å²) in [6.07, 6.45) is 0.329. The van der Waals surface area contributed by atoms with Gasteiger partial charge in [-0.3, -0.25) is 10.1 Å². The quantitative estimate of drug-likeness (QED) is 0.939. The topological polar surface area (TPSA) is 68.0 Å². The zero-order valence-corrected chi connectivity index (χ0v) is 10.9. The molecule has 0 radical (unpaired) electrons. The molecule has 18 heavy (non-hydrogen) atoms. The molecule has 1 N–H and O–H groups in total. The van der Waals surface area contributed by atoms with Gasteiger partial charge in [0.15, 0.2) is 0 Å². The number of hydrogen-bond acceptors (Lipinski definition) is 4. The average molecular weight is 286 g/mol. The van der Waals surface area contributed by atoms with Crippen LogP contribution in [0.25, 0.3) is 11.5 Å². The predicted molar refractivity (Wildman–Crippen MR) is 68.7 cm³/mol. The van der Waals surface area contributed by atoms with Gasteiger partial charge in [-0.2, -0.15) is 0 Å². The number of rotatable bonds is 3. The third-order valence-corrected chi connectivity index (χ3v) is 2.72. The van der Waals surface area contributed by atoms with Crippen LogP contribution in [-0.4, -0.2) is 16.1 Å². The number of hydrogen-bond donors (Lipinski definition) is 1. The third kappa shape index (κ3) is 2.80. The van der Waals surface area contributed by atoms with Crippen molar-refractivity contribution < 1.29 is 9.21 Å². The van der Waals surface area contributed by atoms with Crippen LogP contribution in [0.3, 0.4) is 0 Å². The van der Waals surface area contributed by atoms with E-state index in [1.165, 1.54) is 0 Å². The van der Waals surface area contributed by atoms with Crippen molar-refractivity contribution in [1.82, 2.24) is 10.2 Å². The van der Waals surface area contributed by atoms with Gasteiger partial charge in [0.05, 0.1) is 10.6 Å². The Morgan fingerprint density at radius 3 is 2.89 bits per heavy atom. The van der Waals surface area contributed by atoms with Crippen LogP contribution in [0.1, 0.15) is 13.3 Å². The van der Waals surface area contributed by atoms with E-state index < -0.39 is 0 Å². The fraction of sp³-hybridized carbons (Fsp3) is 0.182. The molecule has 5 nitrogen and oxygen atoms in total. The predicted octanol–water partition coefficient (Wildman–Crippen LogP) is 3.39. The summed E-state index contributed by atoms with van der Waals surface area (Å²) in [4.78, 5) is 11.2. The smallest absolute Gasteiger partial charge is 0.322 e. The van der Waals surface area contributed by atoms with Crippen LogP contribution in [0.4, 0.5) is 6.01 Å². The van der Waals surface area contributed by atoms with Crippen molar-refractivity contribution in [2.45, 2.75) is 13.3 Å². The van der Waals surface area contributed by atoms with E-state index >= 15 is 0 Å². The number of anilines is 1. The van der Waals surface area contributed by atoms with Gasteiger partial charge in [0.25, 0.3) is 5.89 Å². The first-order valence-corrected chi connectivity index (χ1v) is 5.94. The second-order valence-electron chi connectivity index (χ2n) is 3.44. The second-order valence-corrected chi connectivity index (χ2v) is 4.28. The van der Waals surface area contributed by atoms with Crippen LogP contribution >= 0.6 is 23.2 Å². The maximum absolute atomic E-state index is 11.2. The minimum absolute atomic E-state index is 0.0351. The van der Waals surface area contributed by atoms with Gasteiger partial charge in [-0.15, -0.1) is 5.10 Å². The molecule has 0 aliphatic carbocycles. The maximum Gasteiger partial charge on any atom is 0.322 e. The van der Waals surface area contributed by atoms with E-state index in [1.54, 1.807) is 25.1 Å². The third-order valence-electron chi connectivity index (χ3n) is 2.15. The highest BCUT2D eigenvalue weighted by Crippen LogP contribution is 2.30. The molecule has 0 aliphatic heterocycles. The lowest BCUT2D eigenvalue weighted by Gasteiger charge is -1.99. The highest BCUT2D eigenvalue weighted by atomic mass is 35.5. The molecule has 7 heteroatoms. The molecule has 2 rings (SSSR count). The molecule has 1 amide bonds. The molecule has 94 valence electrons. The summed E-state index contributed by atoms with van der Waals surface area (Å²) in [7, 11) is 0. The first-order valence-electron chi connectivity index (χ1n) is 5.19. The molecule has 1 aromatic heterocycles. The lowest BCUT2D eigenvalue weighted by Crippen LogP contribution is -2.09. The molecule has 1 aromatic carbocycles. The standard InChI is InChI=1S/C11H9Cl2N3O2/c1-2-9(17)14-11-16-15-10(18-11)7-5-6(12)3-4-8(7)13/h3-5H,2H2,1H3,(H,14,16,17). The molecule has 0 spiro atoms. The first-order chi connectivity index (χ1) is 8.60. The lowest BCUT2D eigenvalue weighted by atomic mass is 10.2. The number of carbonyl (C=O) groups is 1.